The van der Waals surface area contributed by atoms with E-state index in [1.165, 1.54) is 6.07 Å². The van der Waals surface area contributed by atoms with E-state index in [1.54, 1.807) is 47.4 Å². The molecule has 1 aliphatic heterocycles. The maximum Gasteiger partial charge on any atom is 0.254 e. The van der Waals surface area contributed by atoms with Crippen LogP contribution in [0.3, 0.4) is 0 Å². The van der Waals surface area contributed by atoms with Gasteiger partial charge in [0.05, 0.1) is 5.69 Å². The molecule has 0 aliphatic carbocycles. The van der Waals surface area contributed by atoms with Gasteiger partial charge >= 0.3 is 0 Å². The van der Waals surface area contributed by atoms with Gasteiger partial charge in [0.15, 0.2) is 0 Å². The van der Waals surface area contributed by atoms with E-state index in [2.05, 4.69) is 21.2 Å². The van der Waals surface area contributed by atoms with Crippen molar-refractivity contribution in [1.29, 1.82) is 0 Å². The van der Waals surface area contributed by atoms with Crippen LogP contribution in [0.4, 0.5) is 5.69 Å². The van der Waals surface area contributed by atoms with E-state index in [9.17, 15) is 14.7 Å². The topological polar surface area (TPSA) is 69.6 Å². The van der Waals surface area contributed by atoms with Crippen LogP contribution < -0.4 is 5.32 Å². The Morgan fingerprint density at radius 2 is 1.83 bits per heavy atom. The van der Waals surface area contributed by atoms with E-state index < -0.39 is 6.04 Å². The summed E-state index contributed by atoms with van der Waals surface area (Å²) in [5.41, 5.74) is 0.908. The average molecular weight is 389 g/mol. The lowest BCUT2D eigenvalue weighted by atomic mass is 10.1. The van der Waals surface area contributed by atoms with Crippen LogP contribution in [-0.4, -0.2) is 34.4 Å². The molecule has 1 heterocycles. The van der Waals surface area contributed by atoms with Gasteiger partial charge < -0.3 is 15.3 Å². The molecule has 1 fully saturated rings. The number of benzene rings is 2. The molecule has 2 aromatic carbocycles. The van der Waals surface area contributed by atoms with Crippen molar-refractivity contribution in [2.45, 2.75) is 18.9 Å². The largest absolute Gasteiger partial charge is 0.506 e. The molecule has 2 aromatic rings. The van der Waals surface area contributed by atoms with Crippen molar-refractivity contribution in [2.75, 3.05) is 11.9 Å². The van der Waals surface area contributed by atoms with Crippen LogP contribution in [0.5, 0.6) is 5.75 Å². The number of amides is 2. The molecule has 1 atom stereocenters. The highest BCUT2D eigenvalue weighted by Crippen LogP contribution is 2.25. The number of nitrogens with one attached hydrogen (secondary N) is 1. The molecule has 0 bridgehead atoms. The quantitative estimate of drug-likeness (QED) is 0.791. The normalized spacial score (nSPS) is 16.9. The molecule has 2 N–H and O–H groups in total. The maximum atomic E-state index is 12.7. The number of aromatic hydroxyl groups is 1. The monoisotopic (exact) mass is 388 g/mol. The Bertz CT molecular complexity index is 761. The van der Waals surface area contributed by atoms with Crippen molar-refractivity contribution < 1.29 is 14.7 Å². The number of halogens is 1. The first-order valence-corrected chi connectivity index (χ1v) is 8.51. The number of carbonyl (C=O) groups is 2. The molecule has 1 saturated heterocycles. The number of phenols is 1. The predicted octanol–water partition coefficient (Wildman–Crippen LogP) is 3.40. The lowest BCUT2D eigenvalue weighted by Gasteiger charge is -2.24. The number of nitrogens with zero attached hydrogens (tertiary/aromatic N) is 1. The number of carbonyl (C=O) groups excluding carboxylic acids is 2. The summed E-state index contributed by atoms with van der Waals surface area (Å²) in [5.74, 6) is -0.425. The fraction of sp³-hybridized carbons (Fsp3) is 0.222. The minimum Gasteiger partial charge on any atom is -0.506 e. The summed E-state index contributed by atoms with van der Waals surface area (Å²) in [4.78, 5) is 26.8. The molecule has 0 spiro atoms. The van der Waals surface area contributed by atoms with Gasteiger partial charge in [-0.05, 0) is 49.2 Å². The molecule has 1 unspecified atom stereocenters. The Balaban J connectivity index is 1.75. The third-order valence-corrected chi connectivity index (χ3v) is 4.60. The van der Waals surface area contributed by atoms with Crippen molar-refractivity contribution in [3.8, 4) is 5.75 Å². The van der Waals surface area contributed by atoms with Gasteiger partial charge in [0.25, 0.3) is 5.91 Å². The molecule has 3 rings (SSSR count). The van der Waals surface area contributed by atoms with Crippen LogP contribution >= 0.6 is 15.9 Å². The van der Waals surface area contributed by atoms with Crippen LogP contribution in [0.15, 0.2) is 53.0 Å². The first kappa shape index (κ1) is 16.5. The SMILES string of the molecule is O=C(Nc1ccccc1O)C1CCCN1C(=O)c1ccc(Br)cc1. The van der Waals surface area contributed by atoms with Crippen LogP contribution in [0.25, 0.3) is 0 Å². The standard InChI is InChI=1S/C18H17BrN2O3/c19-13-9-7-12(8-10-13)18(24)21-11-3-5-15(21)17(23)20-14-4-1-2-6-16(14)22/h1-2,4,6-10,15,22H,3,5,11H2,(H,20,23). The summed E-state index contributed by atoms with van der Waals surface area (Å²) in [6.07, 6.45) is 1.39. The highest BCUT2D eigenvalue weighted by molar-refractivity contribution is 9.10. The third kappa shape index (κ3) is 3.43. The highest BCUT2D eigenvalue weighted by atomic mass is 79.9. The molecular weight excluding hydrogens is 372 g/mol. The molecule has 24 heavy (non-hydrogen) atoms. The van der Waals surface area contributed by atoms with Gasteiger partial charge in [-0.15, -0.1) is 0 Å². The van der Waals surface area contributed by atoms with Gasteiger partial charge in [-0.2, -0.15) is 0 Å². The third-order valence-electron chi connectivity index (χ3n) is 4.07. The lowest BCUT2D eigenvalue weighted by molar-refractivity contribution is -0.119. The number of anilines is 1. The van der Waals surface area contributed by atoms with Gasteiger partial charge in [-0.1, -0.05) is 28.1 Å². The lowest BCUT2D eigenvalue weighted by Crippen LogP contribution is -2.43. The minimum atomic E-state index is -0.527. The molecule has 5 nitrogen and oxygen atoms in total. The Morgan fingerprint density at radius 3 is 2.54 bits per heavy atom. The van der Waals surface area contributed by atoms with Crippen LogP contribution in [0, 0.1) is 0 Å². The second-order valence-electron chi connectivity index (χ2n) is 5.67. The smallest absolute Gasteiger partial charge is 0.254 e. The summed E-state index contributed by atoms with van der Waals surface area (Å²) < 4.78 is 0.898. The van der Waals surface area contributed by atoms with Crippen molar-refractivity contribution in [2.24, 2.45) is 0 Å². The van der Waals surface area contributed by atoms with Gasteiger partial charge in [0.2, 0.25) is 5.91 Å². The Kier molecular flexibility index (Phi) is 4.85. The van der Waals surface area contributed by atoms with E-state index in [0.717, 1.165) is 10.9 Å². The molecule has 1 aliphatic rings. The van der Waals surface area contributed by atoms with Gasteiger partial charge in [0.1, 0.15) is 11.8 Å². The number of hydrogen-bond acceptors (Lipinski definition) is 3. The zero-order chi connectivity index (χ0) is 17.1. The van der Waals surface area contributed by atoms with E-state index in [0.29, 0.717) is 24.2 Å². The van der Waals surface area contributed by atoms with Gasteiger partial charge in [-0.25, -0.2) is 0 Å². The van der Waals surface area contributed by atoms with Crippen molar-refractivity contribution in [3.05, 3.63) is 58.6 Å². The zero-order valence-corrected chi connectivity index (χ0v) is 14.5. The van der Waals surface area contributed by atoms with Crippen molar-refractivity contribution in [3.63, 3.8) is 0 Å². The summed E-state index contributed by atoms with van der Waals surface area (Å²) in [5, 5.41) is 12.5. The first-order valence-electron chi connectivity index (χ1n) is 7.71. The molecule has 0 aromatic heterocycles. The number of hydrogen-bond donors (Lipinski definition) is 2. The summed E-state index contributed by atoms with van der Waals surface area (Å²) in [6.45, 7) is 0.549. The number of para-hydroxylation sites is 2. The maximum absolute atomic E-state index is 12.7. The fourth-order valence-corrected chi connectivity index (χ4v) is 3.10. The van der Waals surface area contributed by atoms with Crippen LogP contribution in [0.1, 0.15) is 23.2 Å². The summed E-state index contributed by atoms with van der Waals surface area (Å²) >= 11 is 3.34. The Morgan fingerprint density at radius 1 is 1.12 bits per heavy atom. The number of phenolic OH excluding ortho intramolecular Hbond substituents is 1. The highest BCUT2D eigenvalue weighted by Gasteiger charge is 2.34. The Labute approximate surface area is 148 Å². The number of likely N-dealkylation sites (tertiary alicyclic amines) is 1. The number of rotatable bonds is 3. The van der Waals surface area contributed by atoms with Crippen LogP contribution in [-0.2, 0) is 4.79 Å². The predicted molar refractivity (Wildman–Crippen MR) is 94.9 cm³/mol. The van der Waals surface area contributed by atoms with Gasteiger partial charge in [0, 0.05) is 16.6 Å². The second kappa shape index (κ2) is 7.05. The van der Waals surface area contributed by atoms with Gasteiger partial charge in [-0.3, -0.25) is 9.59 Å². The molecule has 2 amide bonds. The molecular formula is C18H17BrN2O3. The van der Waals surface area contributed by atoms with E-state index in [4.69, 9.17) is 0 Å². The molecule has 6 heteroatoms. The zero-order valence-electron chi connectivity index (χ0n) is 12.9. The van der Waals surface area contributed by atoms with E-state index in [-0.39, 0.29) is 17.6 Å². The van der Waals surface area contributed by atoms with Crippen molar-refractivity contribution >= 4 is 33.4 Å². The minimum absolute atomic E-state index is 0.00892. The fourth-order valence-electron chi connectivity index (χ4n) is 2.84. The summed E-state index contributed by atoms with van der Waals surface area (Å²) in [6, 6.07) is 13.1. The van der Waals surface area contributed by atoms with E-state index >= 15 is 0 Å². The average Bonchev–Trinajstić information content (AvgIpc) is 3.07. The molecule has 0 radical (unpaired) electrons. The summed E-state index contributed by atoms with van der Waals surface area (Å²) in [7, 11) is 0. The molecule has 0 saturated carbocycles. The Hall–Kier alpha value is -2.34. The molecule has 124 valence electrons. The van der Waals surface area contributed by atoms with E-state index in [1.807, 2.05) is 0 Å². The second-order valence-corrected chi connectivity index (χ2v) is 6.59. The van der Waals surface area contributed by atoms with Crippen molar-refractivity contribution in [1.82, 2.24) is 4.90 Å². The first-order chi connectivity index (χ1) is 11.6. The van der Waals surface area contributed by atoms with Crippen LogP contribution in [0.2, 0.25) is 0 Å².